The summed E-state index contributed by atoms with van der Waals surface area (Å²) in [6.45, 7) is 4.68. The van der Waals surface area contributed by atoms with Crippen molar-refractivity contribution in [3.05, 3.63) is 35.9 Å². The lowest BCUT2D eigenvalue weighted by molar-refractivity contribution is -0.140. The molecule has 0 amide bonds. The molecule has 2 aromatic rings. The molecule has 1 aromatic carbocycles. The van der Waals surface area contributed by atoms with E-state index in [1.165, 1.54) is 43.2 Å². The molecule has 2 saturated heterocycles. The first kappa shape index (κ1) is 18.4. The first-order chi connectivity index (χ1) is 13.1. The largest absolute Gasteiger partial charge is 0.462 e. The number of hydrogen-bond acceptors (Lipinski definition) is 6. The van der Waals surface area contributed by atoms with E-state index in [-0.39, 0.29) is 23.1 Å². The summed E-state index contributed by atoms with van der Waals surface area (Å²) in [5.74, 6) is 0.316. The minimum Gasteiger partial charge on any atom is -0.462 e. The summed E-state index contributed by atoms with van der Waals surface area (Å²) in [6.07, 6.45) is 4.23. The molecule has 27 heavy (non-hydrogen) atoms. The van der Waals surface area contributed by atoms with Gasteiger partial charge < -0.3 is 4.74 Å². The first-order valence-corrected chi connectivity index (χ1v) is 10.3. The zero-order chi connectivity index (χ0) is 18.8. The van der Waals surface area contributed by atoms with Gasteiger partial charge in [-0.2, -0.15) is 0 Å². The van der Waals surface area contributed by atoms with Crippen LogP contribution in [0.1, 0.15) is 38.4 Å². The highest BCUT2D eigenvalue weighted by Crippen LogP contribution is 2.33. The number of carbonyl (C=O) groups excluding carboxylic acids is 1. The zero-order valence-corrected chi connectivity index (χ0v) is 16.1. The molecule has 1 aromatic heterocycles. The van der Waals surface area contributed by atoms with E-state index >= 15 is 0 Å². The Morgan fingerprint density at radius 3 is 2.59 bits per heavy atom. The Hall–Kier alpha value is -1.93. The van der Waals surface area contributed by atoms with E-state index in [4.69, 9.17) is 4.74 Å². The van der Waals surface area contributed by atoms with Crippen molar-refractivity contribution in [1.82, 2.24) is 19.7 Å². The second kappa shape index (κ2) is 7.98. The van der Waals surface area contributed by atoms with Gasteiger partial charge in [0.25, 0.3) is 0 Å². The SMILES string of the molecule is C[C@@H]1C[C@@H](Sc2nnc(CN3CCCCC3)n2-c2ccc(F)cc2)C(=O)O1. The summed E-state index contributed by atoms with van der Waals surface area (Å²) in [5.41, 5.74) is 0.801. The third-order valence-electron chi connectivity index (χ3n) is 4.97. The predicted molar refractivity (Wildman–Crippen MR) is 100 cm³/mol. The summed E-state index contributed by atoms with van der Waals surface area (Å²) in [6, 6.07) is 6.30. The topological polar surface area (TPSA) is 60.2 Å². The molecule has 0 radical (unpaired) electrons. The first-order valence-electron chi connectivity index (χ1n) is 9.40. The molecule has 0 saturated carbocycles. The fraction of sp³-hybridized carbons (Fsp3) is 0.526. The zero-order valence-electron chi connectivity index (χ0n) is 15.3. The normalized spacial score (nSPS) is 23.6. The highest BCUT2D eigenvalue weighted by Gasteiger charge is 2.34. The maximum absolute atomic E-state index is 13.4. The molecule has 144 valence electrons. The maximum Gasteiger partial charge on any atom is 0.319 e. The van der Waals surface area contributed by atoms with Crippen LogP contribution in [0.3, 0.4) is 0 Å². The van der Waals surface area contributed by atoms with E-state index in [2.05, 4.69) is 15.1 Å². The van der Waals surface area contributed by atoms with E-state index in [1.54, 1.807) is 12.1 Å². The van der Waals surface area contributed by atoms with Gasteiger partial charge in [0, 0.05) is 12.1 Å². The van der Waals surface area contributed by atoms with Gasteiger partial charge in [0.15, 0.2) is 11.0 Å². The second-order valence-electron chi connectivity index (χ2n) is 7.14. The number of carbonyl (C=O) groups is 1. The van der Waals surface area contributed by atoms with E-state index in [0.29, 0.717) is 18.1 Å². The van der Waals surface area contributed by atoms with Crippen molar-refractivity contribution < 1.29 is 13.9 Å². The lowest BCUT2D eigenvalue weighted by Crippen LogP contribution is -2.30. The quantitative estimate of drug-likeness (QED) is 0.731. The van der Waals surface area contributed by atoms with E-state index in [1.807, 2.05) is 11.5 Å². The molecular weight excluding hydrogens is 367 g/mol. The molecule has 0 aliphatic carbocycles. The average molecular weight is 390 g/mol. The van der Waals surface area contributed by atoms with Gasteiger partial charge in [-0.1, -0.05) is 18.2 Å². The fourth-order valence-corrected chi connectivity index (χ4v) is 4.77. The van der Waals surface area contributed by atoms with Gasteiger partial charge >= 0.3 is 5.97 Å². The minimum atomic E-state index is -0.286. The molecule has 2 aliphatic rings. The molecule has 4 rings (SSSR count). The van der Waals surface area contributed by atoms with Gasteiger partial charge in [-0.3, -0.25) is 14.3 Å². The van der Waals surface area contributed by atoms with Crippen LogP contribution in [0.15, 0.2) is 29.4 Å². The number of aromatic nitrogens is 3. The van der Waals surface area contributed by atoms with Crippen LogP contribution < -0.4 is 0 Å². The highest BCUT2D eigenvalue weighted by atomic mass is 32.2. The Kier molecular flexibility index (Phi) is 5.45. The second-order valence-corrected chi connectivity index (χ2v) is 8.31. The van der Waals surface area contributed by atoms with Crippen LogP contribution in [0.2, 0.25) is 0 Å². The van der Waals surface area contributed by atoms with Crippen LogP contribution in [0.4, 0.5) is 4.39 Å². The van der Waals surface area contributed by atoms with Crippen molar-refractivity contribution in [2.24, 2.45) is 0 Å². The minimum absolute atomic E-state index is 0.0787. The number of ether oxygens (including phenoxy) is 1. The Morgan fingerprint density at radius 1 is 1.19 bits per heavy atom. The van der Waals surface area contributed by atoms with Crippen molar-refractivity contribution >= 4 is 17.7 Å². The van der Waals surface area contributed by atoms with E-state index in [0.717, 1.165) is 24.6 Å². The molecule has 2 atom stereocenters. The standard InChI is InChI=1S/C19H23FN4O2S/c1-13-11-16(18(25)26-13)27-19-22-21-17(12-23-9-3-2-4-10-23)24(19)15-7-5-14(20)6-8-15/h5-8,13,16H,2-4,9-12H2,1H3/t13-,16-/m1/s1. The average Bonchev–Trinajstić information content (AvgIpc) is 3.19. The lowest BCUT2D eigenvalue weighted by Gasteiger charge is -2.26. The summed E-state index contributed by atoms with van der Waals surface area (Å²) in [4.78, 5) is 14.4. The van der Waals surface area contributed by atoms with Crippen molar-refractivity contribution in [1.29, 1.82) is 0 Å². The Bertz CT molecular complexity index is 805. The number of benzene rings is 1. The van der Waals surface area contributed by atoms with Gasteiger partial charge in [0.2, 0.25) is 0 Å². The van der Waals surface area contributed by atoms with Crippen molar-refractivity contribution in [3.8, 4) is 5.69 Å². The maximum atomic E-state index is 13.4. The van der Waals surface area contributed by atoms with Gasteiger partial charge in [0.1, 0.15) is 17.2 Å². The number of hydrogen-bond donors (Lipinski definition) is 0. The number of cyclic esters (lactones) is 1. The van der Waals surface area contributed by atoms with Crippen LogP contribution in [-0.2, 0) is 16.1 Å². The van der Waals surface area contributed by atoms with Crippen LogP contribution in [-0.4, -0.2) is 50.1 Å². The summed E-state index contributed by atoms with van der Waals surface area (Å²) < 4.78 is 20.6. The summed E-state index contributed by atoms with van der Waals surface area (Å²) >= 11 is 1.37. The smallest absolute Gasteiger partial charge is 0.319 e. The number of piperidine rings is 1. The van der Waals surface area contributed by atoms with Crippen molar-refractivity contribution in [3.63, 3.8) is 0 Å². The molecule has 2 aliphatic heterocycles. The molecule has 2 fully saturated rings. The number of likely N-dealkylation sites (tertiary alicyclic amines) is 1. The molecule has 0 spiro atoms. The molecule has 8 heteroatoms. The summed E-state index contributed by atoms with van der Waals surface area (Å²) in [7, 11) is 0. The van der Waals surface area contributed by atoms with Crippen molar-refractivity contribution in [2.75, 3.05) is 13.1 Å². The predicted octanol–water partition coefficient (Wildman–Crippen LogP) is 3.19. The van der Waals surface area contributed by atoms with Gasteiger partial charge in [-0.15, -0.1) is 10.2 Å². The van der Waals surface area contributed by atoms with Gasteiger partial charge in [0.05, 0.1) is 6.54 Å². The van der Waals surface area contributed by atoms with Crippen LogP contribution in [0.25, 0.3) is 5.69 Å². The number of thioether (sulfide) groups is 1. The fourth-order valence-electron chi connectivity index (χ4n) is 3.59. The number of rotatable bonds is 5. The van der Waals surface area contributed by atoms with Gasteiger partial charge in [-0.05, 0) is 57.1 Å². The highest BCUT2D eigenvalue weighted by molar-refractivity contribution is 8.00. The van der Waals surface area contributed by atoms with Crippen molar-refractivity contribution in [2.45, 2.75) is 55.7 Å². The molecule has 0 unspecified atom stereocenters. The van der Waals surface area contributed by atoms with E-state index in [9.17, 15) is 9.18 Å². The third-order valence-corrected chi connectivity index (χ3v) is 6.12. The van der Waals surface area contributed by atoms with Crippen LogP contribution in [0.5, 0.6) is 0 Å². The number of esters is 1. The lowest BCUT2D eigenvalue weighted by atomic mass is 10.1. The number of halogens is 1. The molecule has 0 bridgehead atoms. The third kappa shape index (κ3) is 4.16. The Labute approximate surface area is 162 Å². The van der Waals surface area contributed by atoms with Gasteiger partial charge in [-0.25, -0.2) is 4.39 Å². The molecule has 0 N–H and O–H groups in total. The van der Waals surface area contributed by atoms with Crippen LogP contribution in [0, 0.1) is 5.82 Å². The molecule has 6 nitrogen and oxygen atoms in total. The Morgan fingerprint density at radius 2 is 1.93 bits per heavy atom. The molecule has 3 heterocycles. The molecular formula is C19H23FN4O2S. The monoisotopic (exact) mass is 390 g/mol. The van der Waals surface area contributed by atoms with Crippen LogP contribution >= 0.6 is 11.8 Å². The summed E-state index contributed by atoms with van der Waals surface area (Å²) in [5, 5.41) is 9.11. The number of nitrogens with zero attached hydrogens (tertiary/aromatic N) is 4. The Balaban J connectivity index is 1.63. The van der Waals surface area contributed by atoms with E-state index < -0.39 is 0 Å².